The van der Waals surface area contributed by atoms with Crippen molar-refractivity contribution in [3.63, 3.8) is 0 Å². The van der Waals surface area contributed by atoms with Gasteiger partial charge in [0.1, 0.15) is 11.4 Å². The van der Waals surface area contributed by atoms with Crippen LogP contribution in [0.1, 0.15) is 26.2 Å². The minimum atomic E-state index is -0.926. The number of esters is 1. The molecule has 1 fully saturated rings. The second-order valence-corrected chi connectivity index (χ2v) is 4.02. The Morgan fingerprint density at radius 3 is 3.20 bits per heavy atom. The number of methoxy groups -OCH3 is 1. The van der Waals surface area contributed by atoms with Crippen LogP contribution in [0.25, 0.3) is 0 Å². The van der Waals surface area contributed by atoms with Crippen LogP contribution in [0.15, 0.2) is 5.10 Å². The number of aliphatic hydroxyl groups excluding tert-OH is 1. The summed E-state index contributed by atoms with van der Waals surface area (Å²) in [5, 5.41) is 13.7. The van der Waals surface area contributed by atoms with E-state index in [0.717, 1.165) is 18.7 Å². The molecule has 84 valence electrons. The summed E-state index contributed by atoms with van der Waals surface area (Å²) in [5.41, 5.74) is 1.75. The number of carbonyl (C=O) groups is 1. The summed E-state index contributed by atoms with van der Waals surface area (Å²) in [6.07, 6.45) is 1.38. The van der Waals surface area contributed by atoms with Crippen molar-refractivity contribution in [1.29, 1.82) is 0 Å². The van der Waals surface area contributed by atoms with Gasteiger partial charge >= 0.3 is 5.97 Å². The van der Waals surface area contributed by atoms with Crippen molar-refractivity contribution in [2.45, 2.75) is 38.1 Å². The fraction of sp³-hybridized carbons (Fsp3) is 0.778. The fourth-order valence-electron chi connectivity index (χ4n) is 2.25. The molecule has 2 unspecified atom stereocenters. The molecule has 2 rings (SSSR count). The highest BCUT2D eigenvalue weighted by molar-refractivity contribution is 5.92. The maximum atomic E-state index is 11.7. The van der Waals surface area contributed by atoms with E-state index in [1.807, 2.05) is 0 Å². The molecule has 15 heavy (non-hydrogen) atoms. The number of ether oxygens (including phenoxy) is 1. The molecule has 2 aliphatic rings. The molecule has 2 atom stereocenters. The molecule has 0 aromatic heterocycles. The Morgan fingerprint density at radius 1 is 1.80 bits per heavy atom. The monoisotopic (exact) mass is 213 g/mol. The van der Waals surface area contributed by atoms with Crippen LogP contribution in [-0.4, -0.2) is 40.8 Å². The number of rotatable bonds is 1. The fourth-order valence-corrected chi connectivity index (χ4v) is 2.25. The van der Waals surface area contributed by atoms with Crippen LogP contribution in [-0.2, 0) is 9.53 Å². The van der Waals surface area contributed by atoms with Gasteiger partial charge in [-0.3, -0.25) is 10.3 Å². The molecule has 2 aliphatic heterocycles. The van der Waals surface area contributed by atoms with E-state index in [9.17, 15) is 9.90 Å². The maximum absolute atomic E-state index is 11.7. The standard InChI is InChI=1S/C9H15N3O3/c1-9(7(13)15-2)5-3-4-6-10-11-8(14)12(6)9/h8,11,14H,3-5H2,1-2H3. The van der Waals surface area contributed by atoms with Crippen LogP contribution in [0, 0.1) is 0 Å². The molecule has 6 heteroatoms. The molecular weight excluding hydrogens is 198 g/mol. The molecule has 0 saturated carbocycles. The van der Waals surface area contributed by atoms with E-state index in [2.05, 4.69) is 10.5 Å². The van der Waals surface area contributed by atoms with Gasteiger partial charge in [-0.1, -0.05) is 0 Å². The molecule has 0 bridgehead atoms. The first-order valence-corrected chi connectivity index (χ1v) is 4.97. The number of nitrogens with zero attached hydrogens (tertiary/aromatic N) is 2. The average molecular weight is 213 g/mol. The molecule has 0 aromatic rings. The van der Waals surface area contributed by atoms with Crippen LogP contribution in [0.2, 0.25) is 0 Å². The summed E-state index contributed by atoms with van der Waals surface area (Å²) in [6, 6.07) is 0. The van der Waals surface area contributed by atoms with Crippen molar-refractivity contribution in [2.24, 2.45) is 5.10 Å². The van der Waals surface area contributed by atoms with Crippen molar-refractivity contribution >= 4 is 11.8 Å². The van der Waals surface area contributed by atoms with Gasteiger partial charge in [-0.25, -0.2) is 4.79 Å². The van der Waals surface area contributed by atoms with Gasteiger partial charge in [0.15, 0.2) is 0 Å². The van der Waals surface area contributed by atoms with Gasteiger partial charge in [-0.05, 0) is 19.8 Å². The molecule has 2 N–H and O–H groups in total. The van der Waals surface area contributed by atoms with Gasteiger partial charge in [0.25, 0.3) is 0 Å². The zero-order valence-electron chi connectivity index (χ0n) is 8.86. The van der Waals surface area contributed by atoms with Gasteiger partial charge in [0.05, 0.1) is 7.11 Å². The van der Waals surface area contributed by atoms with Gasteiger partial charge in [-0.15, -0.1) is 0 Å². The third kappa shape index (κ3) is 1.36. The summed E-state index contributed by atoms with van der Waals surface area (Å²) >= 11 is 0. The third-order valence-electron chi connectivity index (χ3n) is 3.05. The second-order valence-electron chi connectivity index (χ2n) is 4.02. The number of aliphatic hydroxyl groups is 1. The largest absolute Gasteiger partial charge is 0.467 e. The summed E-state index contributed by atoms with van der Waals surface area (Å²) in [4.78, 5) is 13.3. The third-order valence-corrected chi connectivity index (χ3v) is 3.05. The number of hydrogen-bond donors (Lipinski definition) is 2. The van der Waals surface area contributed by atoms with Gasteiger partial charge < -0.3 is 9.84 Å². The molecule has 0 aromatic carbocycles. The second kappa shape index (κ2) is 3.37. The molecule has 2 heterocycles. The Hall–Kier alpha value is -1.30. The van der Waals surface area contributed by atoms with E-state index < -0.39 is 11.9 Å². The van der Waals surface area contributed by atoms with Gasteiger partial charge in [-0.2, -0.15) is 5.10 Å². The summed E-state index contributed by atoms with van der Waals surface area (Å²) in [5.74, 6) is 0.388. The highest BCUT2D eigenvalue weighted by Gasteiger charge is 2.49. The van der Waals surface area contributed by atoms with Gasteiger partial charge in [0.2, 0.25) is 6.35 Å². The Bertz CT molecular complexity index is 318. The number of fused-ring (bicyclic) bond motifs is 1. The first-order valence-electron chi connectivity index (χ1n) is 4.97. The Kier molecular flexibility index (Phi) is 2.30. The lowest BCUT2D eigenvalue weighted by Gasteiger charge is -2.42. The summed E-state index contributed by atoms with van der Waals surface area (Å²) in [6.45, 7) is 1.77. The molecule has 0 radical (unpaired) electrons. The SMILES string of the molecule is COC(=O)C1(C)CCCC2=NNC(O)N21. The molecular formula is C9H15N3O3. The minimum Gasteiger partial charge on any atom is -0.467 e. The van der Waals surface area contributed by atoms with Crippen molar-refractivity contribution in [3.8, 4) is 0 Å². The van der Waals surface area contributed by atoms with Crippen LogP contribution >= 0.6 is 0 Å². The highest BCUT2D eigenvalue weighted by Crippen LogP contribution is 2.33. The highest BCUT2D eigenvalue weighted by atomic mass is 16.5. The van der Waals surface area contributed by atoms with E-state index in [4.69, 9.17) is 4.74 Å². The van der Waals surface area contributed by atoms with Crippen molar-refractivity contribution in [2.75, 3.05) is 7.11 Å². The average Bonchev–Trinajstić information content (AvgIpc) is 2.61. The van der Waals surface area contributed by atoms with E-state index in [1.165, 1.54) is 7.11 Å². The topological polar surface area (TPSA) is 74.2 Å². The summed E-state index contributed by atoms with van der Waals surface area (Å²) in [7, 11) is 1.36. The van der Waals surface area contributed by atoms with E-state index in [0.29, 0.717) is 6.42 Å². The van der Waals surface area contributed by atoms with Gasteiger partial charge in [0, 0.05) is 6.42 Å². The lowest BCUT2D eigenvalue weighted by Crippen LogP contribution is -2.61. The lowest BCUT2D eigenvalue weighted by atomic mass is 9.88. The van der Waals surface area contributed by atoms with Crippen molar-refractivity contribution < 1.29 is 14.6 Å². The summed E-state index contributed by atoms with van der Waals surface area (Å²) < 4.78 is 4.77. The van der Waals surface area contributed by atoms with E-state index >= 15 is 0 Å². The number of nitrogens with one attached hydrogen (secondary N) is 1. The van der Waals surface area contributed by atoms with Crippen LogP contribution in [0.5, 0.6) is 0 Å². The molecule has 0 amide bonds. The minimum absolute atomic E-state index is 0.336. The molecule has 1 saturated heterocycles. The molecule has 6 nitrogen and oxygen atoms in total. The quantitative estimate of drug-likeness (QED) is 0.580. The lowest BCUT2D eigenvalue weighted by molar-refractivity contribution is -0.158. The first kappa shape index (κ1) is 10.2. The van der Waals surface area contributed by atoms with Crippen molar-refractivity contribution in [3.05, 3.63) is 0 Å². The van der Waals surface area contributed by atoms with E-state index in [1.54, 1.807) is 11.8 Å². The maximum Gasteiger partial charge on any atom is 0.331 e. The zero-order chi connectivity index (χ0) is 11.1. The van der Waals surface area contributed by atoms with Crippen LogP contribution < -0.4 is 5.43 Å². The molecule has 0 aliphatic carbocycles. The number of hydrogen-bond acceptors (Lipinski definition) is 6. The zero-order valence-corrected chi connectivity index (χ0v) is 8.86. The number of amidine groups is 1. The predicted molar refractivity (Wildman–Crippen MR) is 52.7 cm³/mol. The first-order chi connectivity index (χ1) is 7.09. The van der Waals surface area contributed by atoms with E-state index in [-0.39, 0.29) is 5.97 Å². The van der Waals surface area contributed by atoms with Crippen LogP contribution in [0.3, 0.4) is 0 Å². The number of carbonyl (C=O) groups excluding carboxylic acids is 1. The Morgan fingerprint density at radius 2 is 2.53 bits per heavy atom. The number of hydrazone groups is 1. The predicted octanol–water partition coefficient (Wildman–Crippen LogP) is -0.403. The number of piperidine rings is 1. The smallest absolute Gasteiger partial charge is 0.331 e. The Balaban J connectivity index is 2.31. The van der Waals surface area contributed by atoms with Crippen molar-refractivity contribution in [1.82, 2.24) is 10.3 Å². The molecule has 0 spiro atoms. The Labute approximate surface area is 87.9 Å². The van der Waals surface area contributed by atoms with Crippen LogP contribution in [0.4, 0.5) is 0 Å². The normalized spacial score (nSPS) is 34.2.